The first-order valence-corrected chi connectivity index (χ1v) is 8.73. The highest BCUT2D eigenvalue weighted by Gasteiger charge is 2.52. The minimum atomic E-state index is -0.534. The number of nitrogens with one attached hydrogen (secondary N) is 2. The van der Waals surface area contributed by atoms with E-state index in [1.54, 1.807) is 23.4 Å². The zero-order valence-electron chi connectivity index (χ0n) is 13.1. The van der Waals surface area contributed by atoms with Gasteiger partial charge in [0.05, 0.1) is 5.70 Å². The van der Waals surface area contributed by atoms with Gasteiger partial charge in [-0.2, -0.15) is 0 Å². The van der Waals surface area contributed by atoms with E-state index in [0.717, 1.165) is 37.0 Å². The molecular formula is C18H22FN3O. The van der Waals surface area contributed by atoms with Gasteiger partial charge in [-0.15, -0.1) is 0 Å². The Morgan fingerprint density at radius 2 is 1.87 bits per heavy atom. The summed E-state index contributed by atoms with van der Waals surface area (Å²) < 4.78 is 13.8. The number of halogens is 1. The molecule has 2 heterocycles. The summed E-state index contributed by atoms with van der Waals surface area (Å²) in [7, 11) is 0. The van der Waals surface area contributed by atoms with E-state index >= 15 is 0 Å². The Labute approximate surface area is 135 Å². The molecule has 4 aliphatic carbocycles. The number of allylic oxidation sites excluding steroid dienone is 3. The van der Waals surface area contributed by atoms with Gasteiger partial charge in [-0.25, -0.2) is 4.39 Å². The molecule has 122 valence electrons. The summed E-state index contributed by atoms with van der Waals surface area (Å²) in [5.41, 5.74) is 0.433. The third kappa shape index (κ3) is 2.05. The third-order valence-corrected chi connectivity index (χ3v) is 6.34. The molecule has 6 rings (SSSR count). The smallest absolute Gasteiger partial charge is 0.264 e. The van der Waals surface area contributed by atoms with Gasteiger partial charge in [-0.05, 0) is 68.4 Å². The number of fused-ring (bicyclic) bond motifs is 1. The van der Waals surface area contributed by atoms with E-state index in [2.05, 4.69) is 10.6 Å². The van der Waals surface area contributed by atoms with Crippen LogP contribution in [0.2, 0.25) is 0 Å². The van der Waals surface area contributed by atoms with Gasteiger partial charge < -0.3 is 15.5 Å². The summed E-state index contributed by atoms with van der Waals surface area (Å²) in [5.74, 6) is 2.05. The monoisotopic (exact) mass is 315 g/mol. The maximum absolute atomic E-state index is 13.8. The van der Waals surface area contributed by atoms with Crippen molar-refractivity contribution in [3.8, 4) is 0 Å². The lowest BCUT2D eigenvalue weighted by Crippen LogP contribution is -2.63. The summed E-state index contributed by atoms with van der Waals surface area (Å²) in [6.07, 6.45) is 13.3. The highest BCUT2D eigenvalue weighted by atomic mass is 19.1. The van der Waals surface area contributed by atoms with Crippen LogP contribution in [0.5, 0.6) is 0 Å². The maximum Gasteiger partial charge on any atom is 0.264 e. The van der Waals surface area contributed by atoms with Gasteiger partial charge in [0.1, 0.15) is 5.83 Å². The fourth-order valence-corrected chi connectivity index (χ4v) is 5.91. The fraction of sp³-hybridized carbons (Fsp3) is 0.611. The van der Waals surface area contributed by atoms with Gasteiger partial charge in [0.15, 0.2) is 6.17 Å². The Morgan fingerprint density at radius 3 is 2.52 bits per heavy atom. The number of hydrogen-bond acceptors (Lipinski definition) is 3. The average Bonchev–Trinajstić information content (AvgIpc) is 2.90. The van der Waals surface area contributed by atoms with Crippen molar-refractivity contribution in [2.75, 3.05) is 0 Å². The predicted molar refractivity (Wildman–Crippen MR) is 84.2 cm³/mol. The van der Waals surface area contributed by atoms with Crippen molar-refractivity contribution in [3.63, 3.8) is 0 Å². The molecule has 4 fully saturated rings. The number of nitrogens with zero attached hydrogens (tertiary/aromatic N) is 1. The highest BCUT2D eigenvalue weighted by Crippen LogP contribution is 2.55. The first-order valence-electron chi connectivity index (χ1n) is 8.73. The lowest BCUT2D eigenvalue weighted by molar-refractivity contribution is -0.131. The van der Waals surface area contributed by atoms with Crippen LogP contribution in [0.25, 0.3) is 0 Å². The first kappa shape index (κ1) is 13.6. The molecule has 23 heavy (non-hydrogen) atoms. The largest absolute Gasteiger partial charge is 0.361 e. The number of hydrogen-bond donors (Lipinski definition) is 2. The number of rotatable bonds is 2. The standard InChI is InChI=1S/C18H22FN3O/c19-14-2-1-3-22-15(14)10-20-16(22)17(23)21-18-7-11-4-12(8-18)6-13(5-11)9-18/h1-3,10-13,16,20H,4-9H2,(H,21,23). The van der Waals surface area contributed by atoms with E-state index in [1.165, 1.54) is 25.3 Å². The van der Waals surface area contributed by atoms with Crippen LogP contribution in [-0.4, -0.2) is 22.5 Å². The van der Waals surface area contributed by atoms with E-state index in [0.29, 0.717) is 5.70 Å². The second kappa shape index (κ2) is 4.62. The van der Waals surface area contributed by atoms with Gasteiger partial charge in [0.25, 0.3) is 5.91 Å². The summed E-state index contributed by atoms with van der Waals surface area (Å²) in [6, 6.07) is 0. The Hall–Kier alpha value is -1.78. The van der Waals surface area contributed by atoms with E-state index < -0.39 is 6.17 Å². The van der Waals surface area contributed by atoms with Crippen molar-refractivity contribution >= 4 is 5.91 Å². The molecule has 2 aliphatic heterocycles. The minimum absolute atomic E-state index is 0.00977. The lowest BCUT2D eigenvalue weighted by atomic mass is 9.53. The van der Waals surface area contributed by atoms with E-state index in [4.69, 9.17) is 0 Å². The SMILES string of the molecule is O=C(NC12CC3CC(CC(C3)C1)C2)C1NC=C2C(F)=CC=CN21. The van der Waals surface area contributed by atoms with Gasteiger partial charge in [-0.3, -0.25) is 4.79 Å². The Bertz CT molecular complexity index is 615. The van der Waals surface area contributed by atoms with Crippen molar-refractivity contribution in [2.45, 2.75) is 50.2 Å². The van der Waals surface area contributed by atoms with E-state index in [9.17, 15) is 9.18 Å². The molecular weight excluding hydrogens is 293 g/mol. The molecule has 4 saturated carbocycles. The van der Waals surface area contributed by atoms with Crippen LogP contribution in [0.4, 0.5) is 4.39 Å². The van der Waals surface area contributed by atoms with Crippen LogP contribution in [0.3, 0.4) is 0 Å². The molecule has 0 spiro atoms. The molecule has 0 radical (unpaired) electrons. The summed E-state index contributed by atoms with van der Waals surface area (Å²) in [5, 5.41) is 6.39. The van der Waals surface area contributed by atoms with Crippen LogP contribution >= 0.6 is 0 Å². The zero-order chi connectivity index (χ0) is 15.6. The van der Waals surface area contributed by atoms with E-state index in [-0.39, 0.29) is 17.3 Å². The summed E-state index contributed by atoms with van der Waals surface area (Å²) in [4.78, 5) is 14.6. The van der Waals surface area contributed by atoms with Crippen molar-refractivity contribution in [2.24, 2.45) is 17.8 Å². The topological polar surface area (TPSA) is 44.4 Å². The van der Waals surface area contributed by atoms with Crippen molar-refractivity contribution in [1.82, 2.24) is 15.5 Å². The van der Waals surface area contributed by atoms with Crippen molar-refractivity contribution < 1.29 is 9.18 Å². The molecule has 2 N–H and O–H groups in total. The van der Waals surface area contributed by atoms with Gasteiger partial charge >= 0.3 is 0 Å². The van der Waals surface area contributed by atoms with Crippen molar-refractivity contribution in [1.29, 1.82) is 0 Å². The molecule has 6 aliphatic rings. The van der Waals surface area contributed by atoms with Gasteiger partial charge in [-0.1, -0.05) is 0 Å². The molecule has 1 amide bonds. The second-order valence-electron chi connectivity index (χ2n) is 8.05. The van der Waals surface area contributed by atoms with Crippen LogP contribution in [0, 0.1) is 17.8 Å². The number of carbonyl (C=O) groups excluding carboxylic acids is 1. The fourth-order valence-electron chi connectivity index (χ4n) is 5.91. The Morgan fingerprint density at radius 1 is 1.22 bits per heavy atom. The molecule has 0 aromatic carbocycles. The molecule has 4 nitrogen and oxygen atoms in total. The van der Waals surface area contributed by atoms with Crippen LogP contribution in [0.1, 0.15) is 38.5 Å². The van der Waals surface area contributed by atoms with Gasteiger partial charge in [0.2, 0.25) is 0 Å². The highest BCUT2D eigenvalue weighted by molar-refractivity contribution is 5.83. The molecule has 4 bridgehead atoms. The zero-order valence-corrected chi connectivity index (χ0v) is 13.1. The van der Waals surface area contributed by atoms with Crippen LogP contribution < -0.4 is 10.6 Å². The summed E-state index contributed by atoms with van der Waals surface area (Å²) in [6.45, 7) is 0. The van der Waals surface area contributed by atoms with E-state index in [1.807, 2.05) is 0 Å². The number of amides is 1. The molecule has 5 heteroatoms. The number of carbonyl (C=O) groups is 1. The molecule has 0 saturated heterocycles. The Balaban J connectivity index is 1.33. The lowest BCUT2D eigenvalue weighted by Gasteiger charge is -2.57. The van der Waals surface area contributed by atoms with Gasteiger partial charge in [0, 0.05) is 17.9 Å². The van der Waals surface area contributed by atoms with Crippen LogP contribution in [0.15, 0.2) is 36.1 Å². The predicted octanol–water partition coefficient (Wildman–Crippen LogP) is 2.52. The maximum atomic E-state index is 13.8. The summed E-state index contributed by atoms with van der Waals surface area (Å²) >= 11 is 0. The first-order chi connectivity index (χ1) is 11.1. The quantitative estimate of drug-likeness (QED) is 0.823. The minimum Gasteiger partial charge on any atom is -0.361 e. The third-order valence-electron chi connectivity index (χ3n) is 6.34. The van der Waals surface area contributed by atoms with Crippen LogP contribution in [-0.2, 0) is 4.79 Å². The van der Waals surface area contributed by atoms with Crippen molar-refractivity contribution in [3.05, 3.63) is 36.1 Å². The molecule has 0 aromatic rings. The average molecular weight is 315 g/mol. The normalized spacial score (nSPS) is 42.9. The molecule has 1 atom stereocenters. The molecule has 1 unspecified atom stereocenters. The molecule has 0 aromatic heterocycles. The Kier molecular flexibility index (Phi) is 2.74. The second-order valence-corrected chi connectivity index (χ2v) is 8.05.